The second-order valence-corrected chi connectivity index (χ2v) is 7.78. The highest BCUT2D eigenvalue weighted by molar-refractivity contribution is 6.08. The number of hydrogen-bond acceptors (Lipinski definition) is 2. The van der Waals surface area contributed by atoms with Crippen molar-refractivity contribution in [1.29, 1.82) is 0 Å². The first-order chi connectivity index (χ1) is 14.6. The fraction of sp³-hybridized carbons (Fsp3) is 0.148. The first-order valence-corrected chi connectivity index (χ1v) is 10.2. The third-order valence-electron chi connectivity index (χ3n) is 6.00. The molecule has 0 unspecified atom stereocenters. The van der Waals surface area contributed by atoms with E-state index in [1.165, 1.54) is 16.6 Å². The molecule has 0 saturated heterocycles. The maximum Gasteiger partial charge on any atom is 0.338 e. The van der Waals surface area contributed by atoms with Crippen LogP contribution in [-0.4, -0.2) is 10.5 Å². The molecule has 0 spiro atoms. The van der Waals surface area contributed by atoms with Crippen molar-refractivity contribution in [3.8, 4) is 11.3 Å². The second-order valence-electron chi connectivity index (χ2n) is 7.78. The summed E-state index contributed by atoms with van der Waals surface area (Å²) in [7, 11) is 2.10. The molecule has 3 heteroatoms. The summed E-state index contributed by atoms with van der Waals surface area (Å²) in [5, 5.41) is 2.35. The van der Waals surface area contributed by atoms with Crippen LogP contribution in [0.1, 0.15) is 32.7 Å². The van der Waals surface area contributed by atoms with Crippen LogP contribution in [0.5, 0.6) is 0 Å². The second kappa shape index (κ2) is 7.34. The number of nitrogens with zero attached hydrogens (tertiary/aromatic N) is 1. The molecule has 0 fully saturated rings. The molecular weight excluding hydrogens is 370 g/mol. The lowest BCUT2D eigenvalue weighted by molar-refractivity contribution is 0.0472. The molecule has 3 aromatic carbocycles. The molecule has 0 radical (unpaired) electrons. The number of benzene rings is 3. The van der Waals surface area contributed by atoms with Crippen molar-refractivity contribution in [1.82, 2.24) is 4.57 Å². The van der Waals surface area contributed by atoms with Crippen molar-refractivity contribution in [3.05, 3.63) is 101 Å². The van der Waals surface area contributed by atoms with Crippen LogP contribution in [0.4, 0.5) is 0 Å². The summed E-state index contributed by atoms with van der Waals surface area (Å²) in [6, 6.07) is 22.2. The molecule has 0 N–H and O–H groups in total. The number of carbonyl (C=O) groups is 1. The van der Waals surface area contributed by atoms with Crippen molar-refractivity contribution in [2.45, 2.75) is 20.0 Å². The highest BCUT2D eigenvalue weighted by atomic mass is 16.5. The van der Waals surface area contributed by atoms with Crippen molar-refractivity contribution < 1.29 is 9.53 Å². The Labute approximate surface area is 176 Å². The van der Waals surface area contributed by atoms with Gasteiger partial charge in [-0.05, 0) is 47.7 Å². The maximum atomic E-state index is 13.1. The Kier molecular flexibility index (Phi) is 4.51. The molecule has 0 atom stereocenters. The quantitative estimate of drug-likeness (QED) is 0.394. The van der Waals surface area contributed by atoms with E-state index in [0.717, 1.165) is 34.2 Å². The summed E-state index contributed by atoms with van der Waals surface area (Å²) in [4.78, 5) is 13.1. The summed E-state index contributed by atoms with van der Waals surface area (Å²) >= 11 is 0. The van der Waals surface area contributed by atoms with E-state index in [0.29, 0.717) is 5.56 Å². The normalized spacial score (nSPS) is 12.3. The van der Waals surface area contributed by atoms with Crippen LogP contribution in [0.2, 0.25) is 0 Å². The average molecular weight is 393 g/mol. The molecule has 1 aliphatic carbocycles. The molecule has 1 aliphatic rings. The minimum atomic E-state index is -0.270. The van der Waals surface area contributed by atoms with E-state index in [1.54, 1.807) is 0 Å². The maximum absolute atomic E-state index is 13.1. The predicted molar refractivity (Wildman–Crippen MR) is 121 cm³/mol. The van der Waals surface area contributed by atoms with Gasteiger partial charge in [-0.15, -0.1) is 0 Å². The summed E-state index contributed by atoms with van der Waals surface area (Å²) in [5.74, 6) is -0.270. The van der Waals surface area contributed by atoms with Crippen LogP contribution in [0.3, 0.4) is 0 Å². The van der Waals surface area contributed by atoms with Gasteiger partial charge in [-0.25, -0.2) is 4.79 Å². The number of allylic oxidation sites excluding steroid dienone is 1. The number of aromatic nitrogens is 1. The highest BCUT2D eigenvalue weighted by Gasteiger charge is 2.24. The van der Waals surface area contributed by atoms with Gasteiger partial charge in [-0.3, -0.25) is 0 Å². The van der Waals surface area contributed by atoms with Crippen LogP contribution >= 0.6 is 0 Å². The number of rotatable bonds is 4. The molecule has 30 heavy (non-hydrogen) atoms. The van der Waals surface area contributed by atoms with E-state index in [4.69, 9.17) is 4.74 Å². The van der Waals surface area contributed by atoms with Crippen LogP contribution in [0, 0.1) is 6.92 Å². The molecule has 0 bridgehead atoms. The molecule has 0 amide bonds. The lowest BCUT2D eigenvalue weighted by Crippen LogP contribution is -2.09. The monoisotopic (exact) mass is 393 g/mol. The molecule has 5 rings (SSSR count). The van der Waals surface area contributed by atoms with Crippen LogP contribution in [-0.2, 0) is 24.8 Å². The molecular formula is C27H23NO2. The minimum Gasteiger partial charge on any atom is -0.457 e. The molecule has 0 aliphatic heterocycles. The van der Waals surface area contributed by atoms with Gasteiger partial charge >= 0.3 is 5.97 Å². The zero-order chi connectivity index (χ0) is 20.7. The first-order valence-electron chi connectivity index (χ1n) is 10.2. The Morgan fingerprint density at radius 2 is 1.73 bits per heavy atom. The number of ether oxygens (including phenoxy) is 1. The summed E-state index contributed by atoms with van der Waals surface area (Å²) in [6.07, 6.45) is 5.19. The Hall–Kier alpha value is -3.59. The topological polar surface area (TPSA) is 31.2 Å². The Balaban J connectivity index is 1.64. The summed E-state index contributed by atoms with van der Waals surface area (Å²) in [6.45, 7) is 2.31. The van der Waals surface area contributed by atoms with Gasteiger partial charge < -0.3 is 9.30 Å². The summed E-state index contributed by atoms with van der Waals surface area (Å²) in [5.41, 5.74) is 7.33. The molecule has 3 nitrogen and oxygen atoms in total. The lowest BCUT2D eigenvalue weighted by atomic mass is 9.90. The fourth-order valence-electron chi connectivity index (χ4n) is 4.48. The molecule has 148 valence electrons. The van der Waals surface area contributed by atoms with Gasteiger partial charge in [0.1, 0.15) is 6.61 Å². The van der Waals surface area contributed by atoms with E-state index < -0.39 is 0 Å². The standard InChI is InChI=1S/C27H23NO2/c1-18-21-14-9-15-24-25(21)23(26(28(24)2)20-12-7-4-8-13-20)16-22(18)27(29)30-17-19-10-5-3-6-11-19/h3-13,15-16H,14,17H2,1-2H3. The largest absolute Gasteiger partial charge is 0.457 e. The minimum absolute atomic E-state index is 0.270. The van der Waals surface area contributed by atoms with Gasteiger partial charge in [0.2, 0.25) is 0 Å². The molecule has 1 aromatic heterocycles. The van der Waals surface area contributed by atoms with Crippen molar-refractivity contribution in [3.63, 3.8) is 0 Å². The van der Waals surface area contributed by atoms with Gasteiger partial charge in [-0.2, -0.15) is 0 Å². The predicted octanol–water partition coefficient (Wildman–Crippen LogP) is 6.08. The SMILES string of the molecule is Cc1c(C(=O)OCc2ccccc2)cc2c(-c3ccccc3)n(C)c3c2c1CC=C3. The zero-order valence-corrected chi connectivity index (χ0v) is 17.2. The van der Waals surface area contributed by atoms with Gasteiger partial charge in [0.05, 0.1) is 11.3 Å². The third-order valence-corrected chi connectivity index (χ3v) is 6.00. The highest BCUT2D eigenvalue weighted by Crippen LogP contribution is 2.40. The van der Waals surface area contributed by atoms with Crippen LogP contribution in [0.25, 0.3) is 28.1 Å². The van der Waals surface area contributed by atoms with E-state index in [9.17, 15) is 4.79 Å². The Morgan fingerprint density at radius 1 is 1.03 bits per heavy atom. The van der Waals surface area contributed by atoms with E-state index in [1.807, 2.05) is 61.5 Å². The van der Waals surface area contributed by atoms with Crippen molar-refractivity contribution >= 4 is 22.8 Å². The van der Waals surface area contributed by atoms with Crippen LogP contribution < -0.4 is 0 Å². The molecule has 4 aromatic rings. The first kappa shape index (κ1) is 18.4. The van der Waals surface area contributed by atoms with E-state index in [2.05, 4.69) is 35.9 Å². The smallest absolute Gasteiger partial charge is 0.338 e. The Bertz CT molecular complexity index is 1280. The number of carbonyl (C=O) groups excluding carboxylic acids is 1. The van der Waals surface area contributed by atoms with E-state index >= 15 is 0 Å². The fourth-order valence-corrected chi connectivity index (χ4v) is 4.48. The summed E-state index contributed by atoms with van der Waals surface area (Å²) < 4.78 is 7.91. The van der Waals surface area contributed by atoms with Crippen LogP contribution in [0.15, 0.2) is 72.8 Å². The average Bonchev–Trinajstić information content (AvgIpc) is 3.08. The number of esters is 1. The molecule has 1 heterocycles. The molecule has 0 saturated carbocycles. The zero-order valence-electron chi connectivity index (χ0n) is 17.2. The lowest BCUT2D eigenvalue weighted by Gasteiger charge is -2.15. The van der Waals surface area contributed by atoms with Gasteiger partial charge in [-0.1, -0.05) is 66.7 Å². The van der Waals surface area contributed by atoms with Gasteiger partial charge in [0, 0.05) is 23.5 Å². The Morgan fingerprint density at radius 3 is 2.47 bits per heavy atom. The third kappa shape index (κ3) is 2.94. The van der Waals surface area contributed by atoms with Gasteiger partial charge in [0.25, 0.3) is 0 Å². The van der Waals surface area contributed by atoms with E-state index in [-0.39, 0.29) is 12.6 Å². The number of hydrogen-bond donors (Lipinski definition) is 0. The van der Waals surface area contributed by atoms with Gasteiger partial charge in [0.15, 0.2) is 0 Å². The van der Waals surface area contributed by atoms with Crippen molar-refractivity contribution in [2.24, 2.45) is 7.05 Å². The van der Waals surface area contributed by atoms with Crippen molar-refractivity contribution in [2.75, 3.05) is 0 Å².